The van der Waals surface area contributed by atoms with Crippen molar-refractivity contribution in [3.63, 3.8) is 0 Å². The predicted octanol–water partition coefficient (Wildman–Crippen LogP) is 2.51. The second-order valence-electron chi connectivity index (χ2n) is 4.42. The molecule has 3 nitrogen and oxygen atoms in total. The Morgan fingerprint density at radius 3 is 2.50 bits per heavy atom. The zero-order chi connectivity index (χ0) is 11.3. The fourth-order valence-corrected chi connectivity index (χ4v) is 2.69. The summed E-state index contributed by atoms with van der Waals surface area (Å²) in [6.45, 7) is 3.13. The topological polar surface area (TPSA) is 38.7 Å². The molecule has 1 N–H and O–H groups in total. The van der Waals surface area contributed by atoms with Crippen LogP contribution in [0, 0.1) is 6.92 Å². The highest BCUT2D eigenvalue weighted by atomic mass is 79.9. The molecule has 1 saturated carbocycles. The molecule has 1 aliphatic heterocycles. The Morgan fingerprint density at radius 2 is 1.88 bits per heavy atom. The van der Waals surface area contributed by atoms with Crippen molar-refractivity contribution in [3.05, 3.63) is 21.7 Å². The summed E-state index contributed by atoms with van der Waals surface area (Å²) in [5.41, 5.74) is 1.32. The average Bonchev–Trinajstić information content (AvgIpc) is 3.03. The van der Waals surface area contributed by atoms with E-state index in [1.54, 1.807) is 0 Å². The molecule has 0 unspecified atom stereocenters. The van der Waals surface area contributed by atoms with Crippen molar-refractivity contribution in [2.24, 2.45) is 0 Å². The van der Waals surface area contributed by atoms with E-state index < -0.39 is 5.60 Å². The van der Waals surface area contributed by atoms with Crippen LogP contribution in [0.3, 0.4) is 0 Å². The van der Waals surface area contributed by atoms with Crippen molar-refractivity contribution in [2.45, 2.75) is 25.4 Å². The first kappa shape index (κ1) is 10.4. The minimum absolute atomic E-state index is 0.572. The SMILES string of the molecule is Cc1c(C2(O)CC2)cc(Br)c2c1OCCO2. The van der Waals surface area contributed by atoms with Crippen molar-refractivity contribution in [2.75, 3.05) is 13.2 Å². The van der Waals surface area contributed by atoms with Crippen LogP contribution in [0.25, 0.3) is 0 Å². The summed E-state index contributed by atoms with van der Waals surface area (Å²) in [5.74, 6) is 1.53. The van der Waals surface area contributed by atoms with E-state index in [2.05, 4.69) is 15.9 Å². The van der Waals surface area contributed by atoms with Gasteiger partial charge in [0.05, 0.1) is 10.1 Å². The number of benzene rings is 1. The van der Waals surface area contributed by atoms with Gasteiger partial charge in [-0.2, -0.15) is 0 Å². The first-order valence-electron chi connectivity index (χ1n) is 5.43. The first-order valence-corrected chi connectivity index (χ1v) is 6.23. The molecule has 3 rings (SSSR count). The molecule has 0 aromatic heterocycles. The molecule has 4 heteroatoms. The Hall–Kier alpha value is -0.740. The van der Waals surface area contributed by atoms with Crippen LogP contribution >= 0.6 is 15.9 Å². The first-order chi connectivity index (χ1) is 7.62. The number of ether oxygens (including phenoxy) is 2. The van der Waals surface area contributed by atoms with Crippen LogP contribution in [0.1, 0.15) is 24.0 Å². The third-order valence-corrected chi connectivity index (χ3v) is 3.83. The Morgan fingerprint density at radius 1 is 1.25 bits per heavy atom. The molecule has 0 atom stereocenters. The van der Waals surface area contributed by atoms with Crippen molar-refractivity contribution in [1.82, 2.24) is 0 Å². The fraction of sp³-hybridized carbons (Fsp3) is 0.500. The van der Waals surface area contributed by atoms with E-state index in [1.165, 1.54) is 0 Å². The van der Waals surface area contributed by atoms with Gasteiger partial charge in [0.2, 0.25) is 0 Å². The van der Waals surface area contributed by atoms with Gasteiger partial charge in [-0.15, -0.1) is 0 Å². The molecule has 2 aliphatic rings. The molecule has 86 valence electrons. The summed E-state index contributed by atoms with van der Waals surface area (Å²) in [7, 11) is 0. The van der Waals surface area contributed by atoms with Crippen LogP contribution in [0.2, 0.25) is 0 Å². The maximum absolute atomic E-state index is 10.2. The standard InChI is InChI=1S/C12H13BrO3/c1-7-8(12(14)2-3-12)6-9(13)11-10(7)15-4-5-16-11/h6,14H,2-5H2,1H3. The van der Waals surface area contributed by atoms with Gasteiger partial charge in [0.1, 0.15) is 13.2 Å². The average molecular weight is 285 g/mol. The highest BCUT2D eigenvalue weighted by molar-refractivity contribution is 9.10. The third kappa shape index (κ3) is 1.44. The van der Waals surface area contributed by atoms with Crippen molar-refractivity contribution >= 4 is 15.9 Å². The molecule has 0 amide bonds. The number of fused-ring (bicyclic) bond motifs is 1. The van der Waals surface area contributed by atoms with Gasteiger partial charge in [0, 0.05) is 5.56 Å². The third-order valence-electron chi connectivity index (χ3n) is 3.24. The normalized spacial score (nSPS) is 20.7. The van der Waals surface area contributed by atoms with Crippen LogP contribution in [0.4, 0.5) is 0 Å². The van der Waals surface area contributed by atoms with Gasteiger partial charge < -0.3 is 14.6 Å². The van der Waals surface area contributed by atoms with Gasteiger partial charge in [-0.1, -0.05) is 0 Å². The van der Waals surface area contributed by atoms with E-state index in [-0.39, 0.29) is 0 Å². The lowest BCUT2D eigenvalue weighted by molar-refractivity contribution is 0.145. The monoisotopic (exact) mass is 284 g/mol. The highest BCUT2D eigenvalue weighted by Crippen LogP contribution is 2.52. The molecule has 16 heavy (non-hydrogen) atoms. The minimum Gasteiger partial charge on any atom is -0.486 e. The van der Waals surface area contributed by atoms with Crippen LogP contribution in [-0.2, 0) is 5.60 Å². The van der Waals surface area contributed by atoms with E-state index in [0.717, 1.165) is 39.9 Å². The quantitative estimate of drug-likeness (QED) is 0.861. The van der Waals surface area contributed by atoms with E-state index >= 15 is 0 Å². The van der Waals surface area contributed by atoms with Crippen LogP contribution in [0.15, 0.2) is 10.5 Å². The minimum atomic E-state index is -0.636. The fourth-order valence-electron chi connectivity index (χ4n) is 2.17. The summed E-state index contributed by atoms with van der Waals surface area (Å²) in [4.78, 5) is 0. The van der Waals surface area contributed by atoms with E-state index in [9.17, 15) is 5.11 Å². The molecule has 1 aromatic rings. The summed E-state index contributed by atoms with van der Waals surface area (Å²) in [5, 5.41) is 10.2. The molecule has 1 heterocycles. The summed E-state index contributed by atoms with van der Waals surface area (Å²) in [6.07, 6.45) is 1.67. The van der Waals surface area contributed by atoms with Crippen LogP contribution < -0.4 is 9.47 Å². The van der Waals surface area contributed by atoms with Gasteiger partial charge in [0.25, 0.3) is 0 Å². The summed E-state index contributed by atoms with van der Waals surface area (Å²) < 4.78 is 12.1. The number of hydrogen-bond donors (Lipinski definition) is 1. The summed E-state index contributed by atoms with van der Waals surface area (Å²) in [6, 6.07) is 1.95. The maximum Gasteiger partial charge on any atom is 0.175 e. The van der Waals surface area contributed by atoms with E-state index in [1.807, 2.05) is 13.0 Å². The second-order valence-corrected chi connectivity index (χ2v) is 5.27. The smallest absolute Gasteiger partial charge is 0.175 e. The number of rotatable bonds is 1. The molecular weight excluding hydrogens is 272 g/mol. The molecule has 1 fully saturated rings. The zero-order valence-corrected chi connectivity index (χ0v) is 10.6. The van der Waals surface area contributed by atoms with Gasteiger partial charge in [-0.3, -0.25) is 0 Å². The largest absolute Gasteiger partial charge is 0.486 e. The lowest BCUT2D eigenvalue weighted by Crippen LogP contribution is -2.18. The van der Waals surface area contributed by atoms with E-state index in [4.69, 9.17) is 9.47 Å². The van der Waals surface area contributed by atoms with Crippen molar-refractivity contribution in [3.8, 4) is 11.5 Å². The lowest BCUT2D eigenvalue weighted by Gasteiger charge is -2.24. The Balaban J connectivity index is 2.18. The second kappa shape index (κ2) is 3.37. The maximum atomic E-state index is 10.2. The van der Waals surface area contributed by atoms with Crippen LogP contribution in [0.5, 0.6) is 11.5 Å². The molecule has 0 radical (unpaired) electrons. The van der Waals surface area contributed by atoms with Gasteiger partial charge in [0.15, 0.2) is 11.5 Å². The van der Waals surface area contributed by atoms with Crippen molar-refractivity contribution < 1.29 is 14.6 Å². The van der Waals surface area contributed by atoms with Crippen molar-refractivity contribution in [1.29, 1.82) is 0 Å². The Kier molecular flexibility index (Phi) is 2.20. The van der Waals surface area contributed by atoms with Gasteiger partial charge in [-0.05, 0) is 47.3 Å². The van der Waals surface area contributed by atoms with E-state index in [0.29, 0.717) is 13.2 Å². The molecule has 1 aliphatic carbocycles. The predicted molar refractivity (Wildman–Crippen MR) is 63.0 cm³/mol. The molecular formula is C12H13BrO3. The molecule has 0 saturated heterocycles. The molecule has 0 bridgehead atoms. The van der Waals surface area contributed by atoms with Gasteiger partial charge >= 0.3 is 0 Å². The number of halogens is 1. The Labute approximate surface area is 102 Å². The zero-order valence-electron chi connectivity index (χ0n) is 9.05. The highest BCUT2D eigenvalue weighted by Gasteiger charge is 2.44. The summed E-state index contributed by atoms with van der Waals surface area (Å²) >= 11 is 3.47. The number of hydrogen-bond acceptors (Lipinski definition) is 3. The Bertz CT molecular complexity index is 452. The van der Waals surface area contributed by atoms with Crippen LogP contribution in [-0.4, -0.2) is 18.3 Å². The van der Waals surface area contributed by atoms with Gasteiger partial charge in [-0.25, -0.2) is 0 Å². The molecule has 1 aromatic carbocycles. The lowest BCUT2D eigenvalue weighted by atomic mass is 10.00. The number of aliphatic hydroxyl groups is 1. The molecule has 0 spiro atoms.